The van der Waals surface area contributed by atoms with Gasteiger partial charge in [0.2, 0.25) is 0 Å². The first-order valence-corrected chi connectivity index (χ1v) is 16.2. The van der Waals surface area contributed by atoms with Crippen molar-refractivity contribution in [2.45, 2.75) is 37.8 Å². The van der Waals surface area contributed by atoms with Gasteiger partial charge in [0.1, 0.15) is 11.8 Å². The minimum absolute atomic E-state index is 0.117. The molecule has 0 radical (unpaired) electrons. The van der Waals surface area contributed by atoms with Crippen LogP contribution in [0, 0.1) is 0 Å². The first-order chi connectivity index (χ1) is 22.6. The molecule has 0 saturated carbocycles. The number of hydrogen-bond donors (Lipinski definition) is 1. The number of phenolic OH excluding ortho intramolecular Hbond substituents is 1. The third-order valence-electron chi connectivity index (χ3n) is 10.1. The summed E-state index contributed by atoms with van der Waals surface area (Å²) < 4.78 is 29.6. The quantitative estimate of drug-likeness (QED) is 0.189. The van der Waals surface area contributed by atoms with Crippen molar-refractivity contribution in [3.8, 4) is 40.2 Å². The van der Waals surface area contributed by atoms with Gasteiger partial charge < -0.3 is 33.3 Å². The molecule has 47 heavy (non-hydrogen) atoms. The van der Waals surface area contributed by atoms with E-state index in [-0.39, 0.29) is 17.8 Å². The maximum Gasteiger partial charge on any atom is 0.169 e. The molecule has 0 aromatic heterocycles. The van der Waals surface area contributed by atoms with Gasteiger partial charge >= 0.3 is 0 Å². The number of nitrogens with zero attached hydrogens (tertiary/aromatic N) is 2. The fraction of sp³-hybridized carbons (Fsp3) is 0.385. The zero-order valence-electron chi connectivity index (χ0n) is 28.6. The minimum Gasteiger partial charge on any atom is -0.504 e. The number of hydrogen-bond acceptors (Lipinski definition) is 7. The molecule has 2 heterocycles. The fourth-order valence-electron chi connectivity index (χ4n) is 7.22. The van der Waals surface area contributed by atoms with Crippen LogP contribution in [0.4, 0.5) is 0 Å². The van der Waals surface area contributed by atoms with Crippen molar-refractivity contribution in [1.29, 1.82) is 0 Å². The molecule has 0 spiro atoms. The van der Waals surface area contributed by atoms with Crippen LogP contribution in [0.15, 0.2) is 66.7 Å². The van der Waals surface area contributed by atoms with E-state index in [1.165, 1.54) is 27.8 Å². The molecule has 2 aliphatic rings. The first-order valence-electron chi connectivity index (χ1n) is 16.2. The lowest BCUT2D eigenvalue weighted by Gasteiger charge is -2.43. The van der Waals surface area contributed by atoms with Gasteiger partial charge in [-0.15, -0.1) is 0 Å². The number of likely N-dealkylation sites (N-methyl/N-ethyl adjacent to an activating group) is 2. The van der Waals surface area contributed by atoms with Gasteiger partial charge in [-0.25, -0.2) is 0 Å². The predicted octanol–water partition coefficient (Wildman–Crippen LogP) is 6.91. The van der Waals surface area contributed by atoms with Crippen molar-refractivity contribution in [3.05, 3.63) is 100 Å². The molecule has 4 aromatic rings. The van der Waals surface area contributed by atoms with Crippen LogP contribution in [0.1, 0.15) is 45.5 Å². The number of fused-ring (bicyclic) bond motifs is 2. The van der Waals surface area contributed by atoms with E-state index in [1.807, 2.05) is 24.3 Å². The summed E-state index contributed by atoms with van der Waals surface area (Å²) in [6.07, 6.45) is 3.60. The molecule has 2 atom stereocenters. The van der Waals surface area contributed by atoms with E-state index >= 15 is 0 Å². The van der Waals surface area contributed by atoms with Crippen molar-refractivity contribution in [2.75, 3.05) is 62.7 Å². The second kappa shape index (κ2) is 13.4. The van der Waals surface area contributed by atoms with E-state index in [1.54, 1.807) is 34.5 Å². The van der Waals surface area contributed by atoms with E-state index < -0.39 is 0 Å². The summed E-state index contributed by atoms with van der Waals surface area (Å²) in [4.78, 5) is 2.40. The lowest BCUT2D eigenvalue weighted by molar-refractivity contribution is -0.923. The smallest absolute Gasteiger partial charge is 0.169 e. The van der Waals surface area contributed by atoms with Gasteiger partial charge in [-0.1, -0.05) is 18.2 Å². The molecule has 248 valence electrons. The van der Waals surface area contributed by atoms with Gasteiger partial charge in [0.05, 0.1) is 49.1 Å². The summed E-state index contributed by atoms with van der Waals surface area (Å²) in [5.41, 5.74) is 7.45. The van der Waals surface area contributed by atoms with E-state index in [9.17, 15) is 5.11 Å². The van der Waals surface area contributed by atoms with Crippen LogP contribution >= 0.6 is 0 Å². The van der Waals surface area contributed by atoms with E-state index in [4.69, 9.17) is 23.7 Å². The Balaban J connectivity index is 1.20. The summed E-state index contributed by atoms with van der Waals surface area (Å²) in [6, 6.07) is 22.8. The van der Waals surface area contributed by atoms with Gasteiger partial charge in [0.25, 0.3) is 0 Å². The van der Waals surface area contributed by atoms with Crippen LogP contribution in [-0.4, -0.2) is 77.2 Å². The Kier molecular flexibility index (Phi) is 9.26. The van der Waals surface area contributed by atoms with Crippen LogP contribution in [0.3, 0.4) is 0 Å². The maximum absolute atomic E-state index is 10.8. The Morgan fingerprint density at radius 3 is 1.89 bits per heavy atom. The number of methoxy groups -OCH3 is 4. The normalized spacial score (nSPS) is 18.5. The van der Waals surface area contributed by atoms with Crippen molar-refractivity contribution in [3.63, 3.8) is 0 Å². The van der Waals surface area contributed by atoms with Gasteiger partial charge in [-0.2, -0.15) is 0 Å². The second-order valence-electron chi connectivity index (χ2n) is 13.3. The highest BCUT2D eigenvalue weighted by Gasteiger charge is 2.37. The summed E-state index contributed by atoms with van der Waals surface area (Å²) >= 11 is 0. The number of rotatable bonds is 10. The van der Waals surface area contributed by atoms with Crippen LogP contribution in [0.5, 0.6) is 40.2 Å². The molecule has 0 unspecified atom stereocenters. The van der Waals surface area contributed by atoms with Crippen LogP contribution < -0.4 is 23.7 Å². The van der Waals surface area contributed by atoms with E-state index in [2.05, 4.69) is 62.4 Å². The maximum atomic E-state index is 10.8. The average Bonchev–Trinajstić information content (AvgIpc) is 3.08. The van der Waals surface area contributed by atoms with Gasteiger partial charge in [-0.05, 0) is 96.2 Å². The largest absolute Gasteiger partial charge is 0.504 e. The number of ether oxygens (including phenoxy) is 5. The molecule has 0 amide bonds. The van der Waals surface area contributed by atoms with Crippen LogP contribution in [-0.2, 0) is 25.7 Å². The Morgan fingerprint density at radius 1 is 0.681 bits per heavy atom. The predicted molar refractivity (Wildman–Crippen MR) is 184 cm³/mol. The van der Waals surface area contributed by atoms with Gasteiger partial charge in [0.15, 0.2) is 34.5 Å². The SMILES string of the molecule is COc1cc2c(cc1OC)[C@@H](Cc1ccc(Oc3cc(C[C@@H]4c5cc(OC)c(OC)cc5CC[N+]4(C)C)ccc3O)cc1)N(C)CC2. The number of quaternary nitrogens is 1. The number of benzene rings is 4. The zero-order valence-corrected chi connectivity index (χ0v) is 28.6. The molecule has 4 aromatic carbocycles. The Morgan fingerprint density at radius 2 is 1.26 bits per heavy atom. The first kappa shape index (κ1) is 32.5. The van der Waals surface area contributed by atoms with Crippen LogP contribution in [0.2, 0.25) is 0 Å². The Hall–Kier alpha value is -4.40. The number of phenols is 1. The monoisotopic (exact) mass is 639 g/mol. The van der Waals surface area contributed by atoms with E-state index in [0.29, 0.717) is 11.5 Å². The molecule has 0 aliphatic carbocycles. The second-order valence-corrected chi connectivity index (χ2v) is 13.3. The third-order valence-corrected chi connectivity index (χ3v) is 10.1. The lowest BCUT2D eigenvalue weighted by atomic mass is 9.87. The molecule has 2 aliphatic heterocycles. The van der Waals surface area contributed by atoms with Crippen molar-refractivity contribution in [1.82, 2.24) is 4.90 Å². The van der Waals surface area contributed by atoms with Crippen molar-refractivity contribution >= 4 is 0 Å². The van der Waals surface area contributed by atoms with Crippen molar-refractivity contribution in [2.24, 2.45) is 0 Å². The highest BCUT2D eigenvalue weighted by molar-refractivity contribution is 5.51. The topological polar surface area (TPSA) is 69.6 Å². The minimum atomic E-state index is 0.117. The van der Waals surface area contributed by atoms with Crippen LogP contribution in [0.25, 0.3) is 0 Å². The summed E-state index contributed by atoms with van der Waals surface area (Å²) in [5.74, 6) is 4.29. The molecular weight excluding hydrogens is 592 g/mol. The highest BCUT2D eigenvalue weighted by atomic mass is 16.5. The molecule has 8 nitrogen and oxygen atoms in total. The Bertz CT molecular complexity index is 1730. The third kappa shape index (κ3) is 6.58. The highest BCUT2D eigenvalue weighted by Crippen LogP contribution is 2.43. The Labute approximate surface area is 278 Å². The molecule has 0 saturated heterocycles. The van der Waals surface area contributed by atoms with Gasteiger partial charge in [0, 0.05) is 31.0 Å². The molecule has 1 N–H and O–H groups in total. The molecule has 0 bridgehead atoms. The number of aromatic hydroxyl groups is 1. The molecule has 0 fully saturated rings. The fourth-order valence-corrected chi connectivity index (χ4v) is 7.22. The summed E-state index contributed by atoms with van der Waals surface area (Å²) in [6.45, 7) is 2.00. The van der Waals surface area contributed by atoms with Crippen molar-refractivity contribution < 1.29 is 33.3 Å². The molecule has 6 rings (SSSR count). The zero-order chi connectivity index (χ0) is 33.3. The summed E-state index contributed by atoms with van der Waals surface area (Å²) in [5, 5.41) is 10.8. The standard InChI is InChI=1S/C39H46N2O6/c1-40-16-14-27-21-36(43-4)38(45-6)23-30(27)32(40)18-25-8-11-29(12-9-25)47-35-20-26(10-13-34(35)42)19-33-31-24-39(46-7)37(44-5)22-28(31)15-17-41(33,2)3/h8-13,20-24,32-33H,14-19H2,1-7H3/p+1/t32-,33-/m1/s1. The van der Waals surface area contributed by atoms with Gasteiger partial charge in [-0.3, -0.25) is 4.90 Å². The summed E-state index contributed by atoms with van der Waals surface area (Å²) in [7, 11) is 13.5. The molecule has 8 heteroatoms. The average molecular weight is 640 g/mol. The lowest BCUT2D eigenvalue weighted by Crippen LogP contribution is -2.48. The molecular formula is C39H47N2O6+. The van der Waals surface area contributed by atoms with E-state index in [0.717, 1.165) is 71.8 Å².